The molecule has 1 aromatic carbocycles. The summed E-state index contributed by atoms with van der Waals surface area (Å²) >= 11 is 0. The van der Waals surface area contributed by atoms with Crippen LogP contribution in [-0.4, -0.2) is 19.1 Å². The van der Waals surface area contributed by atoms with Crippen LogP contribution in [0.25, 0.3) is 0 Å². The number of benzene rings is 1. The van der Waals surface area contributed by atoms with E-state index in [2.05, 4.69) is 43.5 Å². The summed E-state index contributed by atoms with van der Waals surface area (Å²) in [4.78, 5) is 0. The first-order valence-electron chi connectivity index (χ1n) is 6.72. The third-order valence-electron chi connectivity index (χ3n) is 3.60. The molecule has 1 saturated heterocycles. The molecule has 2 nitrogen and oxygen atoms in total. The minimum Gasteiger partial charge on any atom is -0.382 e. The molecule has 1 unspecified atom stereocenters. The minimum atomic E-state index is 0.630. The van der Waals surface area contributed by atoms with Gasteiger partial charge < -0.3 is 10.6 Å². The molecule has 1 heterocycles. The molecule has 0 bridgehead atoms. The monoisotopic (exact) mass is 232 g/mol. The molecule has 1 atom stereocenters. The van der Waals surface area contributed by atoms with Crippen molar-refractivity contribution in [2.24, 2.45) is 0 Å². The second-order valence-corrected chi connectivity index (χ2v) is 5.30. The third kappa shape index (κ3) is 3.22. The Hall–Kier alpha value is -1.02. The Morgan fingerprint density at radius 2 is 1.76 bits per heavy atom. The fourth-order valence-electron chi connectivity index (χ4n) is 2.78. The molecule has 0 spiro atoms. The van der Waals surface area contributed by atoms with Gasteiger partial charge in [0, 0.05) is 11.7 Å². The number of anilines is 1. The molecule has 0 saturated carbocycles. The van der Waals surface area contributed by atoms with Crippen LogP contribution in [0.4, 0.5) is 5.69 Å². The average Bonchev–Trinajstić information content (AvgIpc) is 2.51. The topological polar surface area (TPSA) is 24.1 Å². The summed E-state index contributed by atoms with van der Waals surface area (Å²) in [6.45, 7) is 8.89. The average molecular weight is 232 g/mol. The maximum Gasteiger partial charge on any atom is 0.0401 e. The maximum absolute atomic E-state index is 3.74. The van der Waals surface area contributed by atoms with Crippen LogP contribution < -0.4 is 10.6 Å². The molecule has 1 aliphatic rings. The van der Waals surface area contributed by atoms with Gasteiger partial charge in [-0.2, -0.15) is 0 Å². The van der Waals surface area contributed by atoms with Crippen LogP contribution >= 0.6 is 0 Å². The van der Waals surface area contributed by atoms with Gasteiger partial charge in [0.2, 0.25) is 0 Å². The van der Waals surface area contributed by atoms with Gasteiger partial charge in [-0.15, -0.1) is 0 Å². The number of rotatable bonds is 2. The van der Waals surface area contributed by atoms with Gasteiger partial charge in [0.25, 0.3) is 0 Å². The van der Waals surface area contributed by atoms with Crippen molar-refractivity contribution in [1.82, 2.24) is 5.32 Å². The second kappa shape index (κ2) is 5.54. The van der Waals surface area contributed by atoms with Gasteiger partial charge in [0.1, 0.15) is 0 Å². The fourth-order valence-corrected chi connectivity index (χ4v) is 2.78. The van der Waals surface area contributed by atoms with Crippen molar-refractivity contribution in [3.05, 3.63) is 28.8 Å². The van der Waals surface area contributed by atoms with Crippen molar-refractivity contribution in [2.45, 2.75) is 46.1 Å². The molecule has 0 amide bonds. The van der Waals surface area contributed by atoms with Gasteiger partial charge >= 0.3 is 0 Å². The molecule has 1 aromatic rings. The van der Waals surface area contributed by atoms with Crippen molar-refractivity contribution in [3.63, 3.8) is 0 Å². The molecule has 2 N–H and O–H groups in total. The molecule has 2 heteroatoms. The molecule has 0 aliphatic carbocycles. The Labute approximate surface area is 105 Å². The van der Waals surface area contributed by atoms with E-state index in [4.69, 9.17) is 0 Å². The SMILES string of the molecule is Cc1cc(C)c(NC2CCCNCC2)c(C)c1. The Morgan fingerprint density at radius 3 is 2.47 bits per heavy atom. The molecular formula is C15H24N2. The van der Waals surface area contributed by atoms with Crippen molar-refractivity contribution in [1.29, 1.82) is 0 Å². The molecule has 2 rings (SSSR count). The van der Waals surface area contributed by atoms with Crippen LogP contribution in [0.2, 0.25) is 0 Å². The zero-order valence-corrected chi connectivity index (χ0v) is 11.3. The lowest BCUT2D eigenvalue weighted by Crippen LogP contribution is -2.22. The van der Waals surface area contributed by atoms with Crippen molar-refractivity contribution in [2.75, 3.05) is 18.4 Å². The first-order chi connectivity index (χ1) is 8.16. The Kier molecular flexibility index (Phi) is 4.06. The summed E-state index contributed by atoms with van der Waals surface area (Å²) in [5.41, 5.74) is 5.45. The zero-order valence-electron chi connectivity index (χ0n) is 11.3. The van der Waals surface area contributed by atoms with Crippen molar-refractivity contribution in [3.8, 4) is 0 Å². The van der Waals surface area contributed by atoms with Crippen LogP contribution in [-0.2, 0) is 0 Å². The molecular weight excluding hydrogens is 208 g/mol. The highest BCUT2D eigenvalue weighted by atomic mass is 15.0. The number of hydrogen-bond donors (Lipinski definition) is 2. The van der Waals surface area contributed by atoms with E-state index in [1.54, 1.807) is 0 Å². The normalized spacial score (nSPS) is 21.0. The summed E-state index contributed by atoms with van der Waals surface area (Å²) in [5.74, 6) is 0. The second-order valence-electron chi connectivity index (χ2n) is 5.30. The van der Waals surface area contributed by atoms with Gasteiger partial charge in [-0.1, -0.05) is 17.7 Å². The largest absolute Gasteiger partial charge is 0.382 e. The van der Waals surface area contributed by atoms with Crippen LogP contribution in [0.5, 0.6) is 0 Å². The third-order valence-corrected chi connectivity index (χ3v) is 3.60. The van der Waals surface area contributed by atoms with Crippen LogP contribution in [0.3, 0.4) is 0 Å². The minimum absolute atomic E-state index is 0.630. The molecule has 94 valence electrons. The highest BCUT2D eigenvalue weighted by Crippen LogP contribution is 2.24. The summed E-state index contributed by atoms with van der Waals surface area (Å²) in [6.07, 6.45) is 3.79. The van der Waals surface area contributed by atoms with Crippen molar-refractivity contribution >= 4 is 5.69 Å². The highest BCUT2D eigenvalue weighted by molar-refractivity contribution is 5.58. The smallest absolute Gasteiger partial charge is 0.0401 e. The van der Waals surface area contributed by atoms with E-state index in [0.29, 0.717) is 6.04 Å². The first-order valence-corrected chi connectivity index (χ1v) is 6.72. The van der Waals surface area contributed by atoms with E-state index < -0.39 is 0 Å². The van der Waals surface area contributed by atoms with Gasteiger partial charge in [-0.25, -0.2) is 0 Å². The molecule has 1 aliphatic heterocycles. The van der Waals surface area contributed by atoms with Gasteiger partial charge in [0.05, 0.1) is 0 Å². The van der Waals surface area contributed by atoms with E-state index in [1.807, 2.05) is 0 Å². The fraction of sp³-hybridized carbons (Fsp3) is 0.600. The van der Waals surface area contributed by atoms with Gasteiger partial charge in [-0.05, 0) is 64.3 Å². The van der Waals surface area contributed by atoms with E-state index in [-0.39, 0.29) is 0 Å². The Morgan fingerprint density at radius 1 is 1.06 bits per heavy atom. The van der Waals surface area contributed by atoms with E-state index in [9.17, 15) is 0 Å². The summed E-state index contributed by atoms with van der Waals surface area (Å²) in [5, 5.41) is 7.21. The highest BCUT2D eigenvalue weighted by Gasteiger charge is 2.13. The lowest BCUT2D eigenvalue weighted by atomic mass is 10.0. The van der Waals surface area contributed by atoms with Crippen LogP contribution in [0, 0.1) is 20.8 Å². The predicted octanol–water partition coefficient (Wildman–Crippen LogP) is 3.17. The molecule has 0 aromatic heterocycles. The standard InChI is InChI=1S/C15H24N2/c1-11-9-12(2)15(13(3)10-11)17-14-5-4-7-16-8-6-14/h9-10,14,16-17H,4-8H2,1-3H3. The lowest BCUT2D eigenvalue weighted by Gasteiger charge is -2.21. The lowest BCUT2D eigenvalue weighted by molar-refractivity contribution is 0.636. The Bertz CT molecular complexity index is 354. The zero-order chi connectivity index (χ0) is 12.3. The first kappa shape index (κ1) is 12.4. The van der Waals surface area contributed by atoms with E-state index in [1.165, 1.54) is 48.2 Å². The van der Waals surface area contributed by atoms with E-state index in [0.717, 1.165) is 6.54 Å². The van der Waals surface area contributed by atoms with E-state index >= 15 is 0 Å². The summed E-state index contributed by atoms with van der Waals surface area (Å²) in [7, 11) is 0. The molecule has 1 fully saturated rings. The van der Waals surface area contributed by atoms with Crippen molar-refractivity contribution < 1.29 is 0 Å². The number of nitrogens with one attached hydrogen (secondary N) is 2. The number of hydrogen-bond acceptors (Lipinski definition) is 2. The van der Waals surface area contributed by atoms with Crippen LogP contribution in [0.15, 0.2) is 12.1 Å². The quantitative estimate of drug-likeness (QED) is 0.818. The molecule has 17 heavy (non-hydrogen) atoms. The molecule has 0 radical (unpaired) electrons. The Balaban J connectivity index is 2.11. The predicted molar refractivity (Wildman–Crippen MR) is 74.8 cm³/mol. The van der Waals surface area contributed by atoms with Gasteiger partial charge in [0.15, 0.2) is 0 Å². The van der Waals surface area contributed by atoms with Crippen LogP contribution in [0.1, 0.15) is 36.0 Å². The van der Waals surface area contributed by atoms with Gasteiger partial charge in [-0.3, -0.25) is 0 Å². The summed E-state index contributed by atoms with van der Waals surface area (Å²) < 4.78 is 0. The maximum atomic E-state index is 3.74. The number of aryl methyl sites for hydroxylation is 3. The summed E-state index contributed by atoms with van der Waals surface area (Å²) in [6, 6.07) is 5.17.